The number of aliphatic hydroxyl groups is 1. The first kappa shape index (κ1) is 32.2. The van der Waals surface area contributed by atoms with Gasteiger partial charge in [-0.3, -0.25) is 4.79 Å². The lowest BCUT2D eigenvalue weighted by atomic mass is 10.0. The molecule has 0 saturated heterocycles. The first-order chi connectivity index (χ1) is 19.4. The van der Waals surface area contributed by atoms with Crippen LogP contribution >= 0.6 is 0 Å². The Balaban J connectivity index is 1.89. The largest absolute Gasteiger partial charge is 0.490 e. The van der Waals surface area contributed by atoms with Gasteiger partial charge in [-0.2, -0.15) is 0 Å². The number of benzene rings is 1. The van der Waals surface area contributed by atoms with Crippen LogP contribution < -0.4 is 15.0 Å². The number of anilines is 2. The van der Waals surface area contributed by atoms with Crippen molar-refractivity contribution in [3.05, 3.63) is 35.2 Å². The zero-order chi connectivity index (χ0) is 30.3. The molecule has 3 rings (SSSR count). The van der Waals surface area contributed by atoms with Crippen LogP contribution in [0, 0.1) is 19.8 Å². The first-order valence-corrected chi connectivity index (χ1v) is 14.4. The number of rotatable bonds is 6. The summed E-state index contributed by atoms with van der Waals surface area (Å²) in [6.45, 7) is 10.3. The molecule has 41 heavy (non-hydrogen) atoms. The van der Waals surface area contributed by atoms with Gasteiger partial charge in [-0.15, -0.1) is 0 Å². The van der Waals surface area contributed by atoms with E-state index in [1.165, 1.54) is 0 Å². The number of nitrogens with one attached hydrogen (secondary N) is 1. The quantitative estimate of drug-likeness (QED) is 0.524. The summed E-state index contributed by atoms with van der Waals surface area (Å²) in [7, 11) is 5.57. The molecule has 0 radical (unpaired) electrons. The normalized spacial score (nSPS) is 21.3. The van der Waals surface area contributed by atoms with Crippen LogP contribution in [0.15, 0.2) is 22.7 Å². The number of likely N-dealkylation sites (N-methyl/N-ethyl adjacent to an activating group) is 1. The highest BCUT2D eigenvalue weighted by molar-refractivity contribution is 5.98. The molecule has 0 bridgehead atoms. The van der Waals surface area contributed by atoms with Crippen LogP contribution in [0.25, 0.3) is 0 Å². The summed E-state index contributed by atoms with van der Waals surface area (Å²) in [5.74, 6) is 0.710. The number of carbonyl (C=O) groups excluding carboxylic acids is 2. The maximum atomic E-state index is 14.1. The van der Waals surface area contributed by atoms with Crippen LogP contribution in [-0.2, 0) is 4.74 Å². The molecule has 0 fully saturated rings. The van der Waals surface area contributed by atoms with Gasteiger partial charge in [0.15, 0.2) is 5.76 Å². The highest BCUT2D eigenvalue weighted by Crippen LogP contribution is 2.29. The Kier molecular flexibility index (Phi) is 11.4. The van der Waals surface area contributed by atoms with Gasteiger partial charge < -0.3 is 39.1 Å². The van der Waals surface area contributed by atoms with Crippen LogP contribution in [0.1, 0.15) is 61.8 Å². The molecule has 0 spiro atoms. The Morgan fingerprint density at radius 3 is 2.59 bits per heavy atom. The number of ether oxygens (including phenoxy) is 2. The number of amides is 3. The average Bonchev–Trinajstić information content (AvgIpc) is 3.25. The molecule has 4 atom stereocenters. The van der Waals surface area contributed by atoms with E-state index >= 15 is 0 Å². The van der Waals surface area contributed by atoms with E-state index in [1.807, 2.05) is 58.0 Å². The lowest BCUT2D eigenvalue weighted by molar-refractivity contribution is -0.0115. The molecular formula is C30H47N5O6. The van der Waals surface area contributed by atoms with E-state index in [9.17, 15) is 14.7 Å². The van der Waals surface area contributed by atoms with Crippen molar-refractivity contribution in [1.82, 2.24) is 15.0 Å². The summed E-state index contributed by atoms with van der Waals surface area (Å²) < 4.78 is 17.8. The molecule has 0 aliphatic carbocycles. The molecule has 1 aliphatic heterocycles. The fourth-order valence-corrected chi connectivity index (χ4v) is 4.87. The molecule has 2 N–H and O–H groups in total. The average molecular weight is 574 g/mol. The summed E-state index contributed by atoms with van der Waals surface area (Å²) in [6.07, 6.45) is 2.11. The molecule has 11 nitrogen and oxygen atoms in total. The lowest BCUT2D eigenvalue weighted by Gasteiger charge is -2.36. The van der Waals surface area contributed by atoms with Crippen molar-refractivity contribution >= 4 is 23.3 Å². The zero-order valence-electron chi connectivity index (χ0n) is 25.8. The Morgan fingerprint density at radius 1 is 1.22 bits per heavy atom. The highest BCUT2D eigenvalue weighted by Gasteiger charge is 2.31. The van der Waals surface area contributed by atoms with Gasteiger partial charge in [0.1, 0.15) is 17.1 Å². The Morgan fingerprint density at radius 2 is 1.95 bits per heavy atom. The van der Waals surface area contributed by atoms with Crippen LogP contribution in [0.3, 0.4) is 0 Å². The summed E-state index contributed by atoms with van der Waals surface area (Å²) >= 11 is 0. The van der Waals surface area contributed by atoms with Crippen molar-refractivity contribution in [3.63, 3.8) is 0 Å². The number of hydrogen-bond acceptors (Lipinski definition) is 8. The highest BCUT2D eigenvalue weighted by atomic mass is 16.5. The maximum absolute atomic E-state index is 14.1. The second-order valence-corrected chi connectivity index (χ2v) is 11.4. The molecule has 3 amide bonds. The fraction of sp³-hybridized carbons (Fsp3) is 0.633. The van der Waals surface area contributed by atoms with Gasteiger partial charge in [0, 0.05) is 52.4 Å². The van der Waals surface area contributed by atoms with Crippen molar-refractivity contribution in [2.45, 2.75) is 72.1 Å². The van der Waals surface area contributed by atoms with Crippen LogP contribution in [0.2, 0.25) is 0 Å². The van der Waals surface area contributed by atoms with Gasteiger partial charge in [-0.25, -0.2) is 4.79 Å². The molecule has 1 aromatic carbocycles. The standard InChI is InChI=1S/C30H47N5O6/c1-19-16-35(20(2)18-36)29(37)25-15-24(33(6)7)12-13-26(25)40-21(3)11-9-10-14-39-27(19)17-34(8)30(38)31-28-22(4)32-41-23(28)5/h12-13,15,19-21,27,36H,9-11,14,16-18H2,1-8H3,(H,31,38)/t19-,20-,21+,27-/m0/s1. The van der Waals surface area contributed by atoms with Gasteiger partial charge in [0.2, 0.25) is 0 Å². The number of hydrogen-bond donors (Lipinski definition) is 2. The van der Waals surface area contributed by atoms with Gasteiger partial charge in [0.05, 0.1) is 30.4 Å². The van der Waals surface area contributed by atoms with Gasteiger partial charge in [-0.05, 0) is 65.2 Å². The molecular weight excluding hydrogens is 526 g/mol. The Hall–Kier alpha value is -3.31. The molecule has 11 heteroatoms. The van der Waals surface area contributed by atoms with Gasteiger partial charge in [-0.1, -0.05) is 12.1 Å². The number of urea groups is 1. The lowest BCUT2D eigenvalue weighted by Crippen LogP contribution is -2.48. The van der Waals surface area contributed by atoms with Gasteiger partial charge >= 0.3 is 6.03 Å². The van der Waals surface area contributed by atoms with E-state index in [2.05, 4.69) is 10.5 Å². The minimum atomic E-state index is -0.438. The van der Waals surface area contributed by atoms with Crippen molar-refractivity contribution in [2.24, 2.45) is 5.92 Å². The zero-order valence-corrected chi connectivity index (χ0v) is 25.8. The third-order valence-electron chi connectivity index (χ3n) is 7.62. The molecule has 2 aromatic rings. The summed E-state index contributed by atoms with van der Waals surface area (Å²) in [4.78, 5) is 32.4. The van der Waals surface area contributed by atoms with Crippen molar-refractivity contribution in [1.29, 1.82) is 0 Å². The number of aliphatic hydroxyl groups excluding tert-OH is 1. The van der Waals surface area contributed by atoms with Gasteiger partial charge in [0.25, 0.3) is 5.91 Å². The van der Waals surface area contributed by atoms with Crippen LogP contribution in [0.5, 0.6) is 5.75 Å². The van der Waals surface area contributed by atoms with Crippen molar-refractivity contribution in [3.8, 4) is 5.75 Å². The third-order valence-corrected chi connectivity index (χ3v) is 7.62. The second kappa shape index (κ2) is 14.5. The smallest absolute Gasteiger partial charge is 0.321 e. The topological polar surface area (TPSA) is 121 Å². The number of aromatic nitrogens is 1. The van der Waals surface area contributed by atoms with E-state index in [0.717, 1.165) is 24.9 Å². The molecule has 1 aromatic heterocycles. The summed E-state index contributed by atoms with van der Waals surface area (Å²) in [5, 5.41) is 16.9. The molecule has 0 unspecified atom stereocenters. The molecule has 0 saturated carbocycles. The van der Waals surface area contributed by atoms with E-state index in [0.29, 0.717) is 48.2 Å². The molecule has 2 heterocycles. The number of aryl methyl sites for hydroxylation is 2. The Bertz CT molecular complexity index is 1150. The summed E-state index contributed by atoms with van der Waals surface area (Å²) in [6, 6.07) is 4.90. The number of carbonyl (C=O) groups is 2. The van der Waals surface area contributed by atoms with Crippen LogP contribution in [0.4, 0.5) is 16.2 Å². The molecule has 1 aliphatic rings. The SMILES string of the molecule is Cc1noc(C)c1NC(=O)N(C)C[C@@H]1OCCCC[C@@H](C)Oc2ccc(N(C)C)cc2C(=O)N([C@@H](C)CO)C[C@@H]1C. The van der Waals surface area contributed by atoms with E-state index in [1.54, 1.807) is 30.7 Å². The van der Waals surface area contributed by atoms with Crippen LogP contribution in [-0.4, -0.2) is 97.7 Å². The van der Waals surface area contributed by atoms with Crippen molar-refractivity contribution in [2.75, 3.05) is 57.7 Å². The minimum absolute atomic E-state index is 0.0905. The second-order valence-electron chi connectivity index (χ2n) is 11.4. The molecule has 228 valence electrons. The fourth-order valence-electron chi connectivity index (χ4n) is 4.87. The third kappa shape index (κ3) is 8.36. The predicted molar refractivity (Wildman–Crippen MR) is 159 cm³/mol. The van der Waals surface area contributed by atoms with E-state index < -0.39 is 6.04 Å². The van der Waals surface area contributed by atoms with E-state index in [4.69, 9.17) is 14.0 Å². The monoisotopic (exact) mass is 573 g/mol. The maximum Gasteiger partial charge on any atom is 0.321 e. The Labute approximate surface area is 243 Å². The number of fused-ring (bicyclic) bond motifs is 1. The number of nitrogens with zero attached hydrogens (tertiary/aromatic N) is 4. The van der Waals surface area contributed by atoms with E-state index in [-0.39, 0.29) is 36.7 Å². The summed E-state index contributed by atoms with van der Waals surface area (Å²) in [5.41, 5.74) is 2.50. The van der Waals surface area contributed by atoms with Crippen molar-refractivity contribution < 1.29 is 28.7 Å². The predicted octanol–water partition coefficient (Wildman–Crippen LogP) is 4.32. The first-order valence-electron chi connectivity index (χ1n) is 14.4. The minimum Gasteiger partial charge on any atom is -0.490 e.